The van der Waals surface area contributed by atoms with E-state index in [9.17, 15) is 0 Å². The first-order valence-electron chi connectivity index (χ1n) is 8.70. The molecule has 2 saturated heterocycles. The molecule has 0 bridgehead atoms. The molecule has 2 unspecified atom stereocenters. The number of rotatable bonds is 3. The lowest BCUT2D eigenvalue weighted by molar-refractivity contribution is 0.311. The van der Waals surface area contributed by atoms with E-state index in [-0.39, 0.29) is 0 Å². The standard InChI is InChI=1S/C17H25N5/c1-3-9-18-13(6-1)12-16-21-14-7-5-11-20-17(14)22(16)15-8-2-4-10-19-15/h5,7,11,13,15,18-19H,1-4,6,8-10,12H2. The van der Waals surface area contributed by atoms with Crippen molar-refractivity contribution in [3.63, 3.8) is 0 Å². The lowest BCUT2D eigenvalue weighted by Gasteiger charge is -2.28. The van der Waals surface area contributed by atoms with Gasteiger partial charge in [0.05, 0.1) is 6.17 Å². The van der Waals surface area contributed by atoms with Crippen LogP contribution in [0.5, 0.6) is 0 Å². The summed E-state index contributed by atoms with van der Waals surface area (Å²) in [5, 5.41) is 7.30. The predicted octanol–water partition coefficient (Wildman–Crippen LogP) is 2.39. The van der Waals surface area contributed by atoms with Crippen molar-refractivity contribution in [3.05, 3.63) is 24.2 Å². The second kappa shape index (κ2) is 6.34. The molecule has 118 valence electrons. The van der Waals surface area contributed by atoms with Crippen LogP contribution in [-0.4, -0.2) is 33.7 Å². The van der Waals surface area contributed by atoms with Crippen molar-refractivity contribution in [2.75, 3.05) is 13.1 Å². The van der Waals surface area contributed by atoms with Gasteiger partial charge in [0.15, 0.2) is 5.65 Å². The first kappa shape index (κ1) is 14.2. The number of imidazole rings is 1. The molecule has 0 aromatic carbocycles. The van der Waals surface area contributed by atoms with Crippen molar-refractivity contribution in [1.29, 1.82) is 0 Å². The van der Waals surface area contributed by atoms with E-state index in [1.165, 1.54) is 44.3 Å². The molecule has 2 aromatic rings. The molecular weight excluding hydrogens is 274 g/mol. The van der Waals surface area contributed by atoms with Crippen LogP contribution in [0.2, 0.25) is 0 Å². The molecule has 4 heterocycles. The van der Waals surface area contributed by atoms with Gasteiger partial charge in [-0.1, -0.05) is 6.42 Å². The lowest BCUT2D eigenvalue weighted by Crippen LogP contribution is -2.38. The largest absolute Gasteiger partial charge is 0.314 e. The number of piperidine rings is 2. The monoisotopic (exact) mass is 299 g/mol. The molecule has 4 rings (SSSR count). The number of pyridine rings is 1. The molecule has 2 aliphatic heterocycles. The van der Waals surface area contributed by atoms with Gasteiger partial charge in [-0.05, 0) is 57.3 Å². The Morgan fingerprint density at radius 1 is 1.09 bits per heavy atom. The molecular formula is C17H25N5. The Bertz CT molecular complexity index is 623. The van der Waals surface area contributed by atoms with Gasteiger partial charge in [0, 0.05) is 18.7 Å². The first-order valence-corrected chi connectivity index (χ1v) is 8.70. The molecule has 2 fully saturated rings. The Labute approximate surface area is 131 Å². The van der Waals surface area contributed by atoms with Crippen LogP contribution in [0, 0.1) is 0 Å². The zero-order valence-corrected chi connectivity index (χ0v) is 13.1. The molecule has 5 nitrogen and oxygen atoms in total. The van der Waals surface area contributed by atoms with Gasteiger partial charge in [-0.3, -0.25) is 9.88 Å². The smallest absolute Gasteiger partial charge is 0.161 e. The van der Waals surface area contributed by atoms with E-state index in [2.05, 4.69) is 26.3 Å². The average Bonchev–Trinajstić information content (AvgIpc) is 2.94. The van der Waals surface area contributed by atoms with E-state index in [4.69, 9.17) is 4.98 Å². The lowest BCUT2D eigenvalue weighted by atomic mass is 10.0. The first-order chi connectivity index (χ1) is 10.9. The molecule has 0 saturated carbocycles. The number of aromatic nitrogens is 3. The average molecular weight is 299 g/mol. The Balaban J connectivity index is 1.68. The predicted molar refractivity (Wildman–Crippen MR) is 87.8 cm³/mol. The highest BCUT2D eigenvalue weighted by Gasteiger charge is 2.24. The van der Waals surface area contributed by atoms with Crippen molar-refractivity contribution >= 4 is 11.2 Å². The molecule has 0 aliphatic carbocycles. The van der Waals surface area contributed by atoms with E-state index in [1.54, 1.807) is 0 Å². The molecule has 0 spiro atoms. The fourth-order valence-electron chi connectivity index (χ4n) is 3.82. The normalized spacial score (nSPS) is 26.4. The van der Waals surface area contributed by atoms with E-state index in [1.807, 2.05) is 12.3 Å². The summed E-state index contributed by atoms with van der Waals surface area (Å²) in [6, 6.07) is 4.63. The van der Waals surface area contributed by atoms with Crippen LogP contribution in [-0.2, 0) is 6.42 Å². The third-order valence-electron chi connectivity index (χ3n) is 4.96. The van der Waals surface area contributed by atoms with Gasteiger partial charge < -0.3 is 5.32 Å². The van der Waals surface area contributed by atoms with E-state index < -0.39 is 0 Å². The Hall–Kier alpha value is -1.46. The highest BCUT2D eigenvalue weighted by Crippen LogP contribution is 2.25. The molecule has 5 heteroatoms. The molecule has 2 aromatic heterocycles. The number of hydrogen-bond donors (Lipinski definition) is 2. The number of nitrogens with one attached hydrogen (secondary N) is 2. The van der Waals surface area contributed by atoms with Gasteiger partial charge in [0.1, 0.15) is 11.3 Å². The molecule has 22 heavy (non-hydrogen) atoms. The van der Waals surface area contributed by atoms with Crippen LogP contribution < -0.4 is 10.6 Å². The maximum atomic E-state index is 4.90. The van der Waals surface area contributed by atoms with E-state index >= 15 is 0 Å². The number of nitrogens with zero attached hydrogens (tertiary/aromatic N) is 3. The van der Waals surface area contributed by atoms with Crippen LogP contribution in [0.1, 0.15) is 50.5 Å². The Morgan fingerprint density at radius 3 is 2.73 bits per heavy atom. The van der Waals surface area contributed by atoms with Crippen LogP contribution in [0.3, 0.4) is 0 Å². The van der Waals surface area contributed by atoms with Crippen molar-refractivity contribution in [2.45, 2.75) is 57.2 Å². The minimum atomic E-state index is 0.354. The van der Waals surface area contributed by atoms with Crippen LogP contribution in [0.25, 0.3) is 11.2 Å². The van der Waals surface area contributed by atoms with Gasteiger partial charge in [0.25, 0.3) is 0 Å². The van der Waals surface area contributed by atoms with E-state index in [0.29, 0.717) is 12.2 Å². The molecule has 0 radical (unpaired) electrons. The minimum Gasteiger partial charge on any atom is -0.314 e. The van der Waals surface area contributed by atoms with Crippen molar-refractivity contribution in [1.82, 2.24) is 25.2 Å². The zero-order valence-electron chi connectivity index (χ0n) is 13.1. The summed E-state index contributed by atoms with van der Waals surface area (Å²) >= 11 is 0. The van der Waals surface area contributed by atoms with Gasteiger partial charge in [-0.2, -0.15) is 0 Å². The number of fused-ring (bicyclic) bond motifs is 1. The summed E-state index contributed by atoms with van der Waals surface area (Å²) in [6.45, 7) is 2.24. The molecule has 0 amide bonds. The highest BCUT2D eigenvalue weighted by atomic mass is 15.2. The second-order valence-corrected chi connectivity index (χ2v) is 6.56. The summed E-state index contributed by atoms with van der Waals surface area (Å²) in [4.78, 5) is 9.51. The Kier molecular flexibility index (Phi) is 4.08. The van der Waals surface area contributed by atoms with Gasteiger partial charge in [-0.15, -0.1) is 0 Å². The third kappa shape index (κ3) is 2.75. The van der Waals surface area contributed by atoms with Crippen molar-refractivity contribution < 1.29 is 0 Å². The molecule has 2 N–H and O–H groups in total. The zero-order chi connectivity index (χ0) is 14.8. The molecule has 2 atom stereocenters. The Morgan fingerprint density at radius 2 is 1.95 bits per heavy atom. The summed E-state index contributed by atoms with van der Waals surface area (Å²) < 4.78 is 2.37. The van der Waals surface area contributed by atoms with Gasteiger partial charge >= 0.3 is 0 Å². The maximum Gasteiger partial charge on any atom is 0.161 e. The highest BCUT2D eigenvalue weighted by molar-refractivity contribution is 5.71. The van der Waals surface area contributed by atoms with Crippen LogP contribution in [0.15, 0.2) is 18.3 Å². The fraction of sp³-hybridized carbons (Fsp3) is 0.647. The summed E-state index contributed by atoms with van der Waals surface area (Å²) in [5.74, 6) is 1.19. The topological polar surface area (TPSA) is 54.8 Å². The summed E-state index contributed by atoms with van der Waals surface area (Å²) in [7, 11) is 0. The van der Waals surface area contributed by atoms with Gasteiger partial charge in [0.2, 0.25) is 0 Å². The van der Waals surface area contributed by atoms with Crippen molar-refractivity contribution in [2.24, 2.45) is 0 Å². The third-order valence-corrected chi connectivity index (χ3v) is 4.96. The number of hydrogen-bond acceptors (Lipinski definition) is 4. The summed E-state index contributed by atoms with van der Waals surface area (Å²) in [6.07, 6.45) is 10.9. The quantitative estimate of drug-likeness (QED) is 0.914. The molecule has 2 aliphatic rings. The minimum absolute atomic E-state index is 0.354. The fourth-order valence-corrected chi connectivity index (χ4v) is 3.82. The maximum absolute atomic E-state index is 4.90. The van der Waals surface area contributed by atoms with E-state index in [0.717, 1.165) is 30.7 Å². The van der Waals surface area contributed by atoms with Crippen molar-refractivity contribution in [3.8, 4) is 0 Å². The SMILES string of the molecule is c1cnc2c(c1)nc(CC1CCCCN1)n2C1CCCCN1. The van der Waals surface area contributed by atoms with Crippen LogP contribution in [0.4, 0.5) is 0 Å². The van der Waals surface area contributed by atoms with Crippen LogP contribution >= 0.6 is 0 Å². The van der Waals surface area contributed by atoms with Gasteiger partial charge in [-0.25, -0.2) is 9.97 Å². The second-order valence-electron chi connectivity index (χ2n) is 6.56. The summed E-state index contributed by atoms with van der Waals surface area (Å²) in [5.41, 5.74) is 2.06.